The molecular weight excluding hydrogens is 374 g/mol. The maximum atomic E-state index is 12.5. The number of urea groups is 1. The number of hydrogen-bond acceptors (Lipinski definition) is 2. The van der Waals surface area contributed by atoms with Gasteiger partial charge in [0.05, 0.1) is 6.42 Å². The van der Waals surface area contributed by atoms with Crippen LogP contribution in [0.4, 0.5) is 4.79 Å². The number of halogens is 1. The second-order valence-electron chi connectivity index (χ2n) is 7.08. The molecule has 0 aliphatic carbocycles. The van der Waals surface area contributed by atoms with Gasteiger partial charge >= 0.3 is 6.03 Å². The van der Waals surface area contributed by atoms with E-state index >= 15 is 0 Å². The molecule has 0 aromatic heterocycles. The Balaban J connectivity index is 1.40. The normalized spacial score (nSPS) is 14.1. The first kappa shape index (κ1) is 20.2. The number of piperazine rings is 1. The van der Waals surface area contributed by atoms with Gasteiger partial charge in [0.2, 0.25) is 5.91 Å². The number of carbonyl (C=O) groups excluding carboxylic acids is 2. The van der Waals surface area contributed by atoms with Crippen LogP contribution in [0.1, 0.15) is 16.7 Å². The summed E-state index contributed by atoms with van der Waals surface area (Å²) in [5.74, 6) is 0.0851. The van der Waals surface area contributed by atoms with Gasteiger partial charge in [-0.05, 0) is 42.2 Å². The van der Waals surface area contributed by atoms with Crippen LogP contribution in [0.5, 0.6) is 0 Å². The predicted octanol–water partition coefficient (Wildman–Crippen LogP) is 3.29. The lowest BCUT2D eigenvalue weighted by molar-refractivity contribution is -0.131. The molecule has 1 saturated heterocycles. The van der Waals surface area contributed by atoms with Crippen molar-refractivity contribution in [3.8, 4) is 0 Å². The molecule has 1 aliphatic rings. The van der Waals surface area contributed by atoms with Crippen LogP contribution in [0.15, 0.2) is 48.5 Å². The first-order valence-corrected chi connectivity index (χ1v) is 10.0. The molecule has 1 fully saturated rings. The third kappa shape index (κ3) is 5.49. The Morgan fingerprint density at radius 2 is 1.61 bits per heavy atom. The molecule has 1 N–H and O–H groups in total. The van der Waals surface area contributed by atoms with Gasteiger partial charge in [-0.3, -0.25) is 4.79 Å². The minimum atomic E-state index is -0.0571. The van der Waals surface area contributed by atoms with Crippen molar-refractivity contribution in [1.82, 2.24) is 15.1 Å². The van der Waals surface area contributed by atoms with Gasteiger partial charge in [0.25, 0.3) is 0 Å². The smallest absolute Gasteiger partial charge is 0.317 e. The van der Waals surface area contributed by atoms with Crippen molar-refractivity contribution in [2.45, 2.75) is 19.8 Å². The molecule has 2 aromatic carbocycles. The van der Waals surface area contributed by atoms with Crippen molar-refractivity contribution < 1.29 is 9.59 Å². The first-order chi connectivity index (χ1) is 13.5. The highest BCUT2D eigenvalue weighted by molar-refractivity contribution is 6.30. The standard InChI is InChI=1S/C22H26ClN3O2/c1-17-4-2-3-5-19(17)10-11-24-22(28)26-14-12-25(13-15-26)21(27)16-18-6-8-20(23)9-7-18/h2-9H,10-16H2,1H3,(H,24,28). The predicted molar refractivity (Wildman–Crippen MR) is 112 cm³/mol. The lowest BCUT2D eigenvalue weighted by Crippen LogP contribution is -2.53. The lowest BCUT2D eigenvalue weighted by Gasteiger charge is -2.34. The Morgan fingerprint density at radius 3 is 2.29 bits per heavy atom. The monoisotopic (exact) mass is 399 g/mol. The molecular formula is C22H26ClN3O2. The zero-order chi connectivity index (χ0) is 19.9. The van der Waals surface area contributed by atoms with E-state index in [0.29, 0.717) is 44.2 Å². The van der Waals surface area contributed by atoms with E-state index < -0.39 is 0 Å². The topological polar surface area (TPSA) is 52.7 Å². The van der Waals surface area contributed by atoms with E-state index in [2.05, 4.69) is 24.4 Å². The van der Waals surface area contributed by atoms with Gasteiger partial charge in [-0.25, -0.2) is 4.79 Å². The molecule has 0 radical (unpaired) electrons. The summed E-state index contributed by atoms with van der Waals surface area (Å²) in [5.41, 5.74) is 3.44. The zero-order valence-corrected chi connectivity index (χ0v) is 16.9. The number of benzene rings is 2. The van der Waals surface area contributed by atoms with Gasteiger partial charge in [-0.2, -0.15) is 0 Å². The lowest BCUT2D eigenvalue weighted by atomic mass is 10.1. The number of nitrogens with zero attached hydrogens (tertiary/aromatic N) is 2. The fourth-order valence-electron chi connectivity index (χ4n) is 3.35. The molecule has 28 heavy (non-hydrogen) atoms. The van der Waals surface area contributed by atoms with Gasteiger partial charge in [0, 0.05) is 37.7 Å². The second-order valence-corrected chi connectivity index (χ2v) is 7.52. The Hall–Kier alpha value is -2.53. The van der Waals surface area contributed by atoms with E-state index in [1.807, 2.05) is 29.2 Å². The molecule has 1 heterocycles. The molecule has 3 rings (SSSR count). The number of amides is 3. The molecule has 2 aromatic rings. The fraction of sp³-hybridized carbons (Fsp3) is 0.364. The van der Waals surface area contributed by atoms with Crippen LogP contribution in [0, 0.1) is 6.92 Å². The third-order valence-electron chi connectivity index (χ3n) is 5.12. The Morgan fingerprint density at radius 1 is 0.964 bits per heavy atom. The SMILES string of the molecule is Cc1ccccc1CCNC(=O)N1CCN(C(=O)Cc2ccc(Cl)cc2)CC1. The fourth-order valence-corrected chi connectivity index (χ4v) is 3.48. The highest BCUT2D eigenvalue weighted by Gasteiger charge is 2.23. The summed E-state index contributed by atoms with van der Waals surface area (Å²) in [4.78, 5) is 28.4. The van der Waals surface area contributed by atoms with Crippen LogP contribution in [0.3, 0.4) is 0 Å². The van der Waals surface area contributed by atoms with Crippen molar-refractivity contribution in [3.63, 3.8) is 0 Å². The summed E-state index contributed by atoms with van der Waals surface area (Å²) in [5, 5.41) is 3.65. The first-order valence-electron chi connectivity index (χ1n) is 9.62. The molecule has 148 valence electrons. The van der Waals surface area contributed by atoms with Gasteiger partial charge in [0.1, 0.15) is 0 Å². The summed E-state index contributed by atoms with van der Waals surface area (Å²) >= 11 is 5.88. The van der Waals surface area contributed by atoms with E-state index in [0.717, 1.165) is 12.0 Å². The van der Waals surface area contributed by atoms with Crippen LogP contribution in [-0.4, -0.2) is 54.5 Å². The van der Waals surface area contributed by atoms with Crippen LogP contribution in [0.25, 0.3) is 0 Å². The number of nitrogens with one attached hydrogen (secondary N) is 1. The average molecular weight is 400 g/mol. The van der Waals surface area contributed by atoms with Crippen molar-refractivity contribution in [1.29, 1.82) is 0 Å². The zero-order valence-electron chi connectivity index (χ0n) is 16.2. The summed E-state index contributed by atoms with van der Waals surface area (Å²) in [6, 6.07) is 15.5. The minimum Gasteiger partial charge on any atom is -0.339 e. The van der Waals surface area contributed by atoms with Crippen LogP contribution < -0.4 is 5.32 Å². The van der Waals surface area contributed by atoms with Crippen molar-refractivity contribution >= 4 is 23.5 Å². The Labute approximate surface area is 171 Å². The number of hydrogen-bond donors (Lipinski definition) is 1. The Kier molecular flexibility index (Phi) is 6.93. The van der Waals surface area contributed by atoms with E-state index in [1.165, 1.54) is 11.1 Å². The van der Waals surface area contributed by atoms with E-state index in [1.54, 1.807) is 17.0 Å². The summed E-state index contributed by atoms with van der Waals surface area (Å²) in [6.07, 6.45) is 1.18. The molecule has 5 nitrogen and oxygen atoms in total. The number of aryl methyl sites for hydroxylation is 1. The maximum Gasteiger partial charge on any atom is 0.317 e. The Bertz CT molecular complexity index is 815. The van der Waals surface area contributed by atoms with E-state index in [9.17, 15) is 9.59 Å². The van der Waals surface area contributed by atoms with Crippen molar-refractivity contribution in [2.75, 3.05) is 32.7 Å². The number of rotatable bonds is 5. The quantitative estimate of drug-likeness (QED) is 0.838. The van der Waals surface area contributed by atoms with Gasteiger partial charge < -0.3 is 15.1 Å². The molecule has 0 unspecified atom stereocenters. The van der Waals surface area contributed by atoms with Gasteiger partial charge in [0.15, 0.2) is 0 Å². The average Bonchev–Trinajstić information content (AvgIpc) is 2.71. The molecule has 1 aliphatic heterocycles. The van der Waals surface area contributed by atoms with E-state index in [4.69, 9.17) is 11.6 Å². The maximum absolute atomic E-state index is 12.5. The van der Waals surface area contributed by atoms with Crippen molar-refractivity contribution in [2.24, 2.45) is 0 Å². The molecule has 0 saturated carbocycles. The number of carbonyl (C=O) groups is 2. The molecule has 0 atom stereocenters. The third-order valence-corrected chi connectivity index (χ3v) is 5.37. The minimum absolute atomic E-state index is 0.0571. The van der Waals surface area contributed by atoms with Crippen molar-refractivity contribution in [3.05, 3.63) is 70.2 Å². The molecule has 6 heteroatoms. The molecule has 0 spiro atoms. The summed E-state index contributed by atoms with van der Waals surface area (Å²) in [6.45, 7) is 4.94. The second kappa shape index (κ2) is 9.60. The van der Waals surface area contributed by atoms with Gasteiger partial charge in [-0.1, -0.05) is 48.0 Å². The highest BCUT2D eigenvalue weighted by atomic mass is 35.5. The molecule has 0 bridgehead atoms. The van der Waals surface area contributed by atoms with Crippen LogP contribution in [-0.2, 0) is 17.6 Å². The summed E-state index contributed by atoms with van der Waals surface area (Å²) in [7, 11) is 0. The highest BCUT2D eigenvalue weighted by Crippen LogP contribution is 2.12. The van der Waals surface area contributed by atoms with Crippen LogP contribution >= 0.6 is 11.6 Å². The van der Waals surface area contributed by atoms with Crippen LogP contribution in [0.2, 0.25) is 5.02 Å². The van der Waals surface area contributed by atoms with Gasteiger partial charge in [-0.15, -0.1) is 0 Å². The largest absolute Gasteiger partial charge is 0.339 e. The molecule has 3 amide bonds. The van der Waals surface area contributed by atoms with E-state index in [-0.39, 0.29) is 11.9 Å². The summed E-state index contributed by atoms with van der Waals surface area (Å²) < 4.78 is 0.